The molecule has 0 radical (unpaired) electrons. The van der Waals surface area contributed by atoms with E-state index in [-0.39, 0.29) is 29.0 Å². The van der Waals surface area contributed by atoms with E-state index in [1.54, 1.807) is 12.1 Å². The van der Waals surface area contributed by atoms with Crippen LogP contribution >= 0.6 is 11.6 Å². The molecule has 1 saturated carbocycles. The zero-order chi connectivity index (χ0) is 19.8. The van der Waals surface area contributed by atoms with Crippen LogP contribution in [0.4, 0.5) is 0 Å². The molecule has 3 rings (SSSR count). The summed E-state index contributed by atoms with van der Waals surface area (Å²) in [7, 11) is 4.12. The molecule has 3 N–H and O–H groups in total. The Balaban J connectivity index is 1.85. The lowest BCUT2D eigenvalue weighted by Crippen LogP contribution is -2.33. The molecule has 144 valence electrons. The second-order valence-electron chi connectivity index (χ2n) is 8.04. The summed E-state index contributed by atoms with van der Waals surface area (Å²) >= 11 is 6.32. The third-order valence-electron chi connectivity index (χ3n) is 5.89. The van der Waals surface area contributed by atoms with Crippen molar-refractivity contribution < 1.29 is 9.90 Å². The Morgan fingerprint density at radius 2 is 1.93 bits per heavy atom. The van der Waals surface area contributed by atoms with Gasteiger partial charge in [-0.15, -0.1) is 0 Å². The van der Waals surface area contributed by atoms with Crippen molar-refractivity contribution in [2.24, 2.45) is 11.7 Å². The summed E-state index contributed by atoms with van der Waals surface area (Å²) in [6, 6.07) is 13.7. The third kappa shape index (κ3) is 4.12. The van der Waals surface area contributed by atoms with Crippen LogP contribution in [0.2, 0.25) is 5.02 Å². The first-order valence-corrected chi connectivity index (χ1v) is 9.61. The van der Waals surface area contributed by atoms with Crippen LogP contribution in [-0.4, -0.2) is 36.1 Å². The van der Waals surface area contributed by atoms with Crippen molar-refractivity contribution in [3.05, 3.63) is 64.2 Å². The summed E-state index contributed by atoms with van der Waals surface area (Å²) in [4.78, 5) is 13.9. The first-order chi connectivity index (χ1) is 12.7. The van der Waals surface area contributed by atoms with E-state index in [1.165, 1.54) is 11.1 Å². The number of carbonyl (C=O) groups is 1. The molecule has 5 heteroatoms. The number of phenolic OH excluding ortho intramolecular Hbond substituents is 1. The average Bonchev–Trinajstić information content (AvgIpc) is 3.30. The molecule has 1 amide bonds. The van der Waals surface area contributed by atoms with E-state index in [1.807, 2.05) is 18.2 Å². The minimum Gasteiger partial charge on any atom is -0.508 e. The molecule has 0 aromatic heterocycles. The second-order valence-corrected chi connectivity index (χ2v) is 8.44. The van der Waals surface area contributed by atoms with Crippen molar-refractivity contribution in [3.8, 4) is 5.75 Å². The maximum atomic E-state index is 11.7. The standard InChI is InChI=1S/C22H27ClN2O2/c1-22(13-19(22)21(24)27)18-7-5-4-6-14(18)10-16(25(2)3)11-15-8-9-17(26)12-20(15)23/h4-9,12,16,19,26H,10-11,13H2,1-3H3,(H2,24,27). The van der Waals surface area contributed by atoms with Gasteiger partial charge in [0.15, 0.2) is 0 Å². The zero-order valence-electron chi connectivity index (χ0n) is 16.1. The summed E-state index contributed by atoms with van der Waals surface area (Å²) in [5.41, 5.74) is 8.88. The number of rotatable bonds is 7. The Labute approximate surface area is 165 Å². The molecule has 0 heterocycles. The number of carbonyl (C=O) groups excluding carboxylic acids is 1. The molecule has 1 aliphatic rings. The average molecular weight is 387 g/mol. The fraction of sp³-hybridized carbons (Fsp3) is 0.409. The molecule has 27 heavy (non-hydrogen) atoms. The number of aromatic hydroxyl groups is 1. The predicted octanol–water partition coefficient (Wildman–Crippen LogP) is 3.52. The van der Waals surface area contributed by atoms with E-state index >= 15 is 0 Å². The minimum atomic E-state index is -0.215. The van der Waals surface area contributed by atoms with Crippen molar-refractivity contribution in [3.63, 3.8) is 0 Å². The highest BCUT2D eigenvalue weighted by Crippen LogP contribution is 2.54. The molecule has 1 aliphatic carbocycles. The largest absolute Gasteiger partial charge is 0.508 e. The van der Waals surface area contributed by atoms with Gasteiger partial charge in [-0.3, -0.25) is 4.79 Å². The van der Waals surface area contributed by atoms with Crippen LogP contribution < -0.4 is 5.73 Å². The highest BCUT2D eigenvalue weighted by molar-refractivity contribution is 6.31. The van der Waals surface area contributed by atoms with E-state index in [0.717, 1.165) is 24.8 Å². The summed E-state index contributed by atoms with van der Waals surface area (Å²) in [6.07, 6.45) is 2.44. The number of hydrogen-bond donors (Lipinski definition) is 2. The van der Waals surface area contributed by atoms with Gasteiger partial charge in [-0.25, -0.2) is 0 Å². The van der Waals surface area contributed by atoms with Crippen molar-refractivity contribution in [2.75, 3.05) is 14.1 Å². The van der Waals surface area contributed by atoms with Crippen molar-refractivity contribution in [2.45, 2.75) is 37.6 Å². The SMILES string of the molecule is CN(C)C(Cc1ccc(O)cc1Cl)Cc1ccccc1C1(C)CC1C(N)=O. The molecular weight excluding hydrogens is 360 g/mol. The molecule has 3 atom stereocenters. The first-order valence-electron chi connectivity index (χ1n) is 9.24. The lowest BCUT2D eigenvalue weighted by Gasteiger charge is -2.27. The van der Waals surface area contributed by atoms with Gasteiger partial charge in [-0.2, -0.15) is 0 Å². The molecule has 2 aromatic carbocycles. The molecule has 0 bridgehead atoms. The number of halogens is 1. The highest BCUT2D eigenvalue weighted by Gasteiger charge is 2.55. The maximum Gasteiger partial charge on any atom is 0.221 e. The lowest BCUT2D eigenvalue weighted by molar-refractivity contribution is -0.119. The van der Waals surface area contributed by atoms with Crippen LogP contribution in [0, 0.1) is 5.92 Å². The second kappa shape index (κ2) is 7.53. The number of likely N-dealkylation sites (N-methyl/N-ethyl adjacent to an activating group) is 1. The molecule has 0 saturated heterocycles. The summed E-state index contributed by atoms with van der Waals surface area (Å²) in [5.74, 6) is -0.120. The fourth-order valence-corrected chi connectivity index (χ4v) is 4.23. The molecule has 0 spiro atoms. The van der Waals surface area contributed by atoms with Crippen LogP contribution in [0.25, 0.3) is 0 Å². The monoisotopic (exact) mass is 386 g/mol. The van der Waals surface area contributed by atoms with Gasteiger partial charge >= 0.3 is 0 Å². The highest BCUT2D eigenvalue weighted by atomic mass is 35.5. The zero-order valence-corrected chi connectivity index (χ0v) is 16.8. The summed E-state index contributed by atoms with van der Waals surface area (Å²) < 4.78 is 0. The van der Waals surface area contributed by atoms with Gasteiger partial charge < -0.3 is 15.7 Å². The smallest absolute Gasteiger partial charge is 0.221 e. The topological polar surface area (TPSA) is 66.6 Å². The molecular formula is C22H27ClN2O2. The van der Waals surface area contributed by atoms with Crippen molar-refractivity contribution >= 4 is 17.5 Å². The lowest BCUT2D eigenvalue weighted by atomic mass is 9.87. The third-order valence-corrected chi connectivity index (χ3v) is 6.24. The summed E-state index contributed by atoms with van der Waals surface area (Å²) in [6.45, 7) is 2.13. The van der Waals surface area contributed by atoms with Gasteiger partial charge in [-0.1, -0.05) is 48.9 Å². The van der Waals surface area contributed by atoms with E-state index in [2.05, 4.69) is 38.1 Å². The van der Waals surface area contributed by atoms with E-state index < -0.39 is 0 Å². The Morgan fingerprint density at radius 3 is 2.52 bits per heavy atom. The van der Waals surface area contributed by atoms with E-state index in [4.69, 9.17) is 17.3 Å². The predicted molar refractivity (Wildman–Crippen MR) is 109 cm³/mol. The number of nitrogens with zero attached hydrogens (tertiary/aromatic N) is 1. The molecule has 3 unspecified atom stereocenters. The van der Waals surface area contributed by atoms with Crippen LogP contribution in [0.15, 0.2) is 42.5 Å². The molecule has 1 fully saturated rings. The number of benzene rings is 2. The van der Waals surface area contributed by atoms with Crippen LogP contribution in [0.5, 0.6) is 5.75 Å². The van der Waals surface area contributed by atoms with Gasteiger partial charge in [0.05, 0.1) is 0 Å². The van der Waals surface area contributed by atoms with Gasteiger partial charge in [0.1, 0.15) is 5.75 Å². The number of amides is 1. The normalized spacial score (nSPS) is 22.6. The Bertz CT molecular complexity index is 852. The fourth-order valence-electron chi connectivity index (χ4n) is 3.98. The molecule has 0 aliphatic heterocycles. The van der Waals surface area contributed by atoms with Crippen molar-refractivity contribution in [1.29, 1.82) is 0 Å². The Hall–Kier alpha value is -2.04. The number of phenols is 1. The number of primary amides is 1. The van der Waals surface area contributed by atoms with E-state index in [9.17, 15) is 9.90 Å². The van der Waals surface area contributed by atoms with Gasteiger partial charge in [-0.05, 0) is 62.2 Å². The van der Waals surface area contributed by atoms with Crippen LogP contribution in [0.3, 0.4) is 0 Å². The first kappa shape index (κ1) is 19.7. The summed E-state index contributed by atoms with van der Waals surface area (Å²) in [5, 5.41) is 10.2. The quantitative estimate of drug-likeness (QED) is 0.765. The molecule has 2 aromatic rings. The van der Waals surface area contributed by atoms with Gasteiger partial charge in [0, 0.05) is 22.4 Å². The van der Waals surface area contributed by atoms with E-state index in [0.29, 0.717) is 5.02 Å². The van der Waals surface area contributed by atoms with Gasteiger partial charge in [0.2, 0.25) is 5.91 Å². The number of hydrogen-bond acceptors (Lipinski definition) is 3. The Kier molecular flexibility index (Phi) is 5.50. The van der Waals surface area contributed by atoms with Crippen LogP contribution in [0.1, 0.15) is 30.0 Å². The van der Waals surface area contributed by atoms with Crippen LogP contribution in [-0.2, 0) is 23.1 Å². The molecule has 4 nitrogen and oxygen atoms in total. The Morgan fingerprint density at radius 1 is 1.26 bits per heavy atom. The number of nitrogens with two attached hydrogens (primary N) is 1. The maximum absolute atomic E-state index is 11.7. The van der Waals surface area contributed by atoms with Gasteiger partial charge in [0.25, 0.3) is 0 Å². The minimum absolute atomic E-state index is 0.0806. The van der Waals surface area contributed by atoms with Crippen molar-refractivity contribution in [1.82, 2.24) is 4.90 Å².